The summed E-state index contributed by atoms with van der Waals surface area (Å²) in [5.41, 5.74) is 7.54. The number of amides is 2. The first kappa shape index (κ1) is 24.8. The van der Waals surface area contributed by atoms with E-state index < -0.39 is 35.6 Å². The molecule has 3 aromatic rings. The summed E-state index contributed by atoms with van der Waals surface area (Å²) in [7, 11) is 0. The van der Waals surface area contributed by atoms with Crippen LogP contribution in [0.1, 0.15) is 18.6 Å². The van der Waals surface area contributed by atoms with E-state index in [4.69, 9.17) is 10.5 Å². The fraction of sp³-hybridized carbons (Fsp3) is 0.120. The monoisotopic (exact) mass is 527 g/mol. The number of rotatable bonds is 7. The lowest BCUT2D eigenvalue weighted by molar-refractivity contribution is -0.111. The van der Waals surface area contributed by atoms with Gasteiger partial charge in [-0.3, -0.25) is 10.1 Å². The maximum absolute atomic E-state index is 14.0. The number of halogens is 2. The van der Waals surface area contributed by atoms with Gasteiger partial charge in [0.15, 0.2) is 11.6 Å². The average molecular weight is 528 g/mol. The number of nitrogens with two attached hydrogens (primary N) is 1. The van der Waals surface area contributed by atoms with E-state index in [-0.39, 0.29) is 0 Å². The normalized spacial score (nSPS) is 12.7. The van der Waals surface area contributed by atoms with E-state index in [0.29, 0.717) is 22.6 Å². The third-order valence-electron chi connectivity index (χ3n) is 4.87. The predicted octanol–water partition coefficient (Wildman–Crippen LogP) is 6.00. The number of hydrogen-bond acceptors (Lipinski definition) is 5. The molecule has 0 saturated heterocycles. The summed E-state index contributed by atoms with van der Waals surface area (Å²) in [6.07, 6.45) is 1.12. The summed E-state index contributed by atoms with van der Waals surface area (Å²) in [4.78, 5) is 24.9. The van der Waals surface area contributed by atoms with Gasteiger partial charge >= 0.3 is 6.09 Å². The quantitative estimate of drug-likeness (QED) is 0.222. The number of anilines is 3. The lowest BCUT2D eigenvalue weighted by Gasteiger charge is -2.23. The number of aromatic hydroxyl groups is 1. The zero-order valence-electron chi connectivity index (χ0n) is 18.2. The molecule has 0 aliphatic carbocycles. The number of benzene rings is 3. The van der Waals surface area contributed by atoms with Crippen LogP contribution in [0.4, 0.5) is 26.2 Å². The van der Waals surface area contributed by atoms with Gasteiger partial charge < -0.3 is 20.9 Å². The van der Waals surface area contributed by atoms with Crippen molar-refractivity contribution in [3.63, 3.8) is 0 Å². The molecule has 2 atom stereocenters. The maximum Gasteiger partial charge on any atom is 0.412 e. The Morgan fingerprint density at radius 1 is 1.09 bits per heavy atom. The summed E-state index contributed by atoms with van der Waals surface area (Å²) >= 11 is 3.32. The summed E-state index contributed by atoms with van der Waals surface area (Å²) in [6.45, 7) is 1.71. The second-order valence-electron chi connectivity index (χ2n) is 7.46. The topological polar surface area (TPSA) is 114 Å². The predicted molar refractivity (Wildman–Crippen MR) is 133 cm³/mol. The number of carbonyl (C=O) groups is 2. The maximum atomic E-state index is 14.0. The number of nitrogens with one attached hydrogen (secondary N) is 2. The standard InChI is InChI=1S/C25H23BrFN3O4/c1-15(6-13-23(32)30-21-5-3-2-4-20(21)28)24(16-7-12-22(31)19(27)14-16)34-25(33)29-18-10-8-17(26)9-11-18/h2-15,24,31H,28H2,1H3,(H,29,33)(H,30,32)/b13-6+/t15-,24+/m1/s1. The number of carbonyl (C=O) groups excluding carboxylic acids is 2. The van der Waals surface area contributed by atoms with Crippen LogP contribution in [0.3, 0.4) is 0 Å². The van der Waals surface area contributed by atoms with Crippen LogP contribution in [0.15, 0.2) is 83.4 Å². The van der Waals surface area contributed by atoms with Crippen LogP contribution >= 0.6 is 15.9 Å². The van der Waals surface area contributed by atoms with Gasteiger partial charge in [-0.25, -0.2) is 9.18 Å². The van der Waals surface area contributed by atoms with E-state index in [2.05, 4.69) is 26.6 Å². The van der Waals surface area contributed by atoms with Crippen LogP contribution in [0.2, 0.25) is 0 Å². The summed E-state index contributed by atoms with van der Waals surface area (Å²) in [6, 6.07) is 17.4. The van der Waals surface area contributed by atoms with Gasteiger partial charge in [-0.05, 0) is 60.2 Å². The van der Waals surface area contributed by atoms with Crippen LogP contribution in [-0.2, 0) is 9.53 Å². The molecule has 0 aliphatic heterocycles. The van der Waals surface area contributed by atoms with Crippen molar-refractivity contribution in [3.05, 3.63) is 94.7 Å². The minimum Gasteiger partial charge on any atom is -0.505 e. The number of ether oxygens (including phenoxy) is 1. The van der Waals surface area contributed by atoms with Crippen molar-refractivity contribution in [2.75, 3.05) is 16.4 Å². The molecule has 9 heteroatoms. The first-order valence-corrected chi connectivity index (χ1v) is 11.1. The first-order chi connectivity index (χ1) is 16.2. The molecule has 7 nitrogen and oxygen atoms in total. The number of para-hydroxylation sites is 2. The molecule has 0 radical (unpaired) electrons. The Bertz CT molecular complexity index is 1200. The van der Waals surface area contributed by atoms with Crippen LogP contribution in [0.25, 0.3) is 0 Å². The Morgan fingerprint density at radius 2 is 1.79 bits per heavy atom. The Kier molecular flexibility index (Phi) is 8.26. The second-order valence-corrected chi connectivity index (χ2v) is 8.38. The number of nitrogen functional groups attached to an aromatic ring is 1. The van der Waals surface area contributed by atoms with E-state index in [1.807, 2.05) is 0 Å². The van der Waals surface area contributed by atoms with Gasteiger partial charge in [0.05, 0.1) is 11.4 Å². The lowest BCUT2D eigenvalue weighted by atomic mass is 9.96. The van der Waals surface area contributed by atoms with Gasteiger partial charge in [0.1, 0.15) is 6.10 Å². The van der Waals surface area contributed by atoms with Crippen molar-refractivity contribution in [2.45, 2.75) is 13.0 Å². The van der Waals surface area contributed by atoms with Gasteiger partial charge in [0, 0.05) is 16.1 Å². The molecule has 0 saturated carbocycles. The highest BCUT2D eigenvalue weighted by Gasteiger charge is 2.24. The van der Waals surface area contributed by atoms with Crippen LogP contribution in [0.5, 0.6) is 5.75 Å². The third-order valence-corrected chi connectivity index (χ3v) is 5.40. The SMILES string of the molecule is C[C@H](/C=C/C(=O)Nc1ccccc1N)[C@H](OC(=O)Nc1ccc(Br)cc1)c1ccc(O)c(F)c1. The molecule has 0 aromatic heterocycles. The van der Waals surface area contributed by atoms with Crippen molar-refractivity contribution in [1.29, 1.82) is 0 Å². The Morgan fingerprint density at radius 3 is 2.47 bits per heavy atom. The Hall–Kier alpha value is -3.85. The molecule has 176 valence electrons. The molecule has 3 rings (SSSR count). The zero-order chi connectivity index (χ0) is 24.7. The highest BCUT2D eigenvalue weighted by Crippen LogP contribution is 2.30. The van der Waals surface area contributed by atoms with E-state index in [1.54, 1.807) is 55.5 Å². The zero-order valence-corrected chi connectivity index (χ0v) is 19.8. The van der Waals surface area contributed by atoms with Crippen molar-refractivity contribution in [3.8, 4) is 5.75 Å². The first-order valence-electron chi connectivity index (χ1n) is 10.3. The summed E-state index contributed by atoms with van der Waals surface area (Å²) < 4.78 is 20.4. The molecule has 0 fully saturated rings. The molecule has 2 amide bonds. The smallest absolute Gasteiger partial charge is 0.412 e. The van der Waals surface area contributed by atoms with Gasteiger partial charge in [0.25, 0.3) is 0 Å². The molecule has 34 heavy (non-hydrogen) atoms. The van der Waals surface area contributed by atoms with Crippen LogP contribution in [0, 0.1) is 11.7 Å². The molecular weight excluding hydrogens is 505 g/mol. The van der Waals surface area contributed by atoms with Gasteiger partial charge in [-0.1, -0.05) is 47.1 Å². The minimum atomic E-state index is -0.948. The molecule has 3 aromatic carbocycles. The molecule has 0 bridgehead atoms. The summed E-state index contributed by atoms with van der Waals surface area (Å²) in [5.74, 6) is -2.34. The molecule has 0 unspecified atom stereocenters. The Labute approximate surface area is 204 Å². The fourth-order valence-corrected chi connectivity index (χ4v) is 3.36. The van der Waals surface area contributed by atoms with Crippen molar-refractivity contribution < 1.29 is 23.8 Å². The van der Waals surface area contributed by atoms with E-state index in [0.717, 1.165) is 10.5 Å². The van der Waals surface area contributed by atoms with Gasteiger partial charge in [-0.15, -0.1) is 0 Å². The number of phenols is 1. The van der Waals surface area contributed by atoms with E-state index in [1.165, 1.54) is 24.3 Å². The molecule has 0 heterocycles. The lowest BCUT2D eigenvalue weighted by Crippen LogP contribution is -2.21. The number of hydrogen-bond donors (Lipinski definition) is 4. The highest BCUT2D eigenvalue weighted by molar-refractivity contribution is 9.10. The molecule has 0 aliphatic rings. The van der Waals surface area contributed by atoms with Gasteiger partial charge in [0.2, 0.25) is 5.91 Å². The summed E-state index contributed by atoms with van der Waals surface area (Å²) in [5, 5.41) is 14.8. The third kappa shape index (κ3) is 6.82. The average Bonchev–Trinajstić information content (AvgIpc) is 2.81. The largest absolute Gasteiger partial charge is 0.505 e. The molecule has 5 N–H and O–H groups in total. The van der Waals surface area contributed by atoms with E-state index >= 15 is 0 Å². The van der Waals surface area contributed by atoms with Crippen molar-refractivity contribution in [2.24, 2.45) is 5.92 Å². The minimum absolute atomic E-state index is 0.311. The van der Waals surface area contributed by atoms with Crippen molar-refractivity contribution in [1.82, 2.24) is 0 Å². The molecule has 0 spiro atoms. The Balaban J connectivity index is 1.76. The highest BCUT2D eigenvalue weighted by atomic mass is 79.9. The fourth-order valence-electron chi connectivity index (χ4n) is 3.10. The van der Waals surface area contributed by atoms with Crippen LogP contribution in [-0.4, -0.2) is 17.1 Å². The van der Waals surface area contributed by atoms with E-state index in [9.17, 15) is 19.1 Å². The van der Waals surface area contributed by atoms with Gasteiger partial charge in [-0.2, -0.15) is 0 Å². The second kappa shape index (κ2) is 11.3. The molecular formula is C25H23BrFN3O4. The van der Waals surface area contributed by atoms with Crippen LogP contribution < -0.4 is 16.4 Å². The number of phenolic OH excluding ortho intramolecular Hbond substituents is 1. The van der Waals surface area contributed by atoms with Crippen molar-refractivity contribution >= 4 is 45.0 Å².